The summed E-state index contributed by atoms with van der Waals surface area (Å²) in [5.74, 6) is 3.02. The lowest BCUT2D eigenvalue weighted by Crippen LogP contribution is -1.97. The van der Waals surface area contributed by atoms with Crippen LogP contribution >= 0.6 is 0 Å². The first-order valence-corrected chi connectivity index (χ1v) is 8.58. The van der Waals surface area contributed by atoms with E-state index in [0.717, 1.165) is 45.0 Å². The maximum Gasteiger partial charge on any atom is 0.153 e. The van der Waals surface area contributed by atoms with Crippen molar-refractivity contribution in [1.82, 2.24) is 15.2 Å². The molecule has 0 amide bonds. The van der Waals surface area contributed by atoms with Gasteiger partial charge in [-0.1, -0.05) is 12.1 Å². The summed E-state index contributed by atoms with van der Waals surface area (Å²) in [6.45, 7) is 1.96. The molecule has 0 bridgehead atoms. The maximum atomic E-state index is 5.39. The van der Waals surface area contributed by atoms with E-state index in [1.54, 1.807) is 14.2 Å². The van der Waals surface area contributed by atoms with Gasteiger partial charge in [-0.05, 0) is 48.7 Å². The number of aryl methyl sites for hydroxylation is 1. The first-order valence-electron chi connectivity index (χ1n) is 8.58. The predicted octanol–water partition coefficient (Wildman–Crippen LogP) is 4.69. The summed E-state index contributed by atoms with van der Waals surface area (Å²) >= 11 is 0. The quantitative estimate of drug-likeness (QED) is 0.540. The van der Waals surface area contributed by atoms with Crippen molar-refractivity contribution in [1.29, 1.82) is 0 Å². The number of fused-ring (bicyclic) bond motifs is 1. The van der Waals surface area contributed by atoms with Crippen LogP contribution in [0, 0.1) is 6.92 Å². The minimum absolute atomic E-state index is 0.708. The van der Waals surface area contributed by atoms with Gasteiger partial charge in [0.2, 0.25) is 0 Å². The topological polar surface area (TPSA) is 72.1 Å². The summed E-state index contributed by atoms with van der Waals surface area (Å²) in [6.07, 6.45) is 0. The number of H-pyrrole nitrogens is 1. The van der Waals surface area contributed by atoms with Crippen molar-refractivity contribution < 1.29 is 9.47 Å². The monoisotopic (exact) mass is 360 g/mol. The Hall–Kier alpha value is -3.54. The zero-order valence-corrected chi connectivity index (χ0v) is 15.4. The molecule has 2 aromatic carbocycles. The van der Waals surface area contributed by atoms with Crippen molar-refractivity contribution >= 4 is 22.4 Å². The Morgan fingerprint density at radius 2 is 1.70 bits per heavy atom. The molecule has 0 radical (unpaired) electrons. The van der Waals surface area contributed by atoms with E-state index >= 15 is 0 Å². The second-order valence-corrected chi connectivity index (χ2v) is 6.24. The van der Waals surface area contributed by atoms with E-state index in [0.29, 0.717) is 5.82 Å². The van der Waals surface area contributed by atoms with Gasteiger partial charge in [0.15, 0.2) is 5.82 Å². The van der Waals surface area contributed by atoms with Crippen LogP contribution in [-0.2, 0) is 0 Å². The standard InChI is InChI=1S/C21H20N4O2/c1-13-9-20(25-24-13)22-19-12-15-11-17(27-3)7-8-18(15)21(23-19)14-5-4-6-16(10-14)26-2/h4-12H,1-3H3,(H2,22,23,24,25). The van der Waals surface area contributed by atoms with Crippen molar-refractivity contribution in [3.63, 3.8) is 0 Å². The SMILES string of the molecule is COc1cccc(-c2nc(Nc3cc(C)[nH]n3)cc3cc(OC)ccc23)c1. The second kappa shape index (κ2) is 6.99. The molecule has 4 rings (SSSR count). The van der Waals surface area contributed by atoms with Crippen LogP contribution in [0.3, 0.4) is 0 Å². The summed E-state index contributed by atoms with van der Waals surface area (Å²) in [7, 11) is 3.32. The zero-order chi connectivity index (χ0) is 18.8. The highest BCUT2D eigenvalue weighted by atomic mass is 16.5. The Balaban J connectivity index is 1.88. The molecule has 2 aromatic heterocycles. The number of ether oxygens (including phenoxy) is 2. The normalized spacial score (nSPS) is 10.8. The van der Waals surface area contributed by atoms with Gasteiger partial charge in [0, 0.05) is 22.7 Å². The van der Waals surface area contributed by atoms with Crippen LogP contribution in [0.1, 0.15) is 5.69 Å². The molecular formula is C21H20N4O2. The van der Waals surface area contributed by atoms with Crippen LogP contribution in [0.15, 0.2) is 54.6 Å². The predicted molar refractivity (Wildman–Crippen MR) is 107 cm³/mol. The van der Waals surface area contributed by atoms with Crippen molar-refractivity contribution in [2.45, 2.75) is 6.92 Å². The molecule has 4 aromatic rings. The molecule has 0 aliphatic carbocycles. The smallest absolute Gasteiger partial charge is 0.153 e. The summed E-state index contributed by atoms with van der Waals surface area (Å²) < 4.78 is 10.8. The van der Waals surface area contributed by atoms with Crippen LogP contribution in [0.4, 0.5) is 11.6 Å². The molecular weight excluding hydrogens is 340 g/mol. The van der Waals surface area contributed by atoms with E-state index in [4.69, 9.17) is 14.5 Å². The van der Waals surface area contributed by atoms with Crippen molar-refractivity contribution in [3.05, 3.63) is 60.3 Å². The van der Waals surface area contributed by atoms with Crippen molar-refractivity contribution in [2.75, 3.05) is 19.5 Å². The number of aromatic nitrogens is 3. The summed E-state index contributed by atoms with van der Waals surface area (Å²) in [4.78, 5) is 4.85. The van der Waals surface area contributed by atoms with E-state index in [-0.39, 0.29) is 0 Å². The van der Waals surface area contributed by atoms with E-state index in [1.807, 2.05) is 61.5 Å². The summed E-state index contributed by atoms with van der Waals surface area (Å²) in [6, 6.07) is 17.8. The third kappa shape index (κ3) is 3.42. The molecule has 0 atom stereocenters. The Morgan fingerprint density at radius 1 is 0.889 bits per heavy atom. The average molecular weight is 360 g/mol. The highest BCUT2D eigenvalue weighted by Gasteiger charge is 2.11. The largest absolute Gasteiger partial charge is 0.497 e. The van der Waals surface area contributed by atoms with Crippen LogP contribution in [0.25, 0.3) is 22.0 Å². The number of anilines is 2. The fourth-order valence-electron chi connectivity index (χ4n) is 3.03. The lowest BCUT2D eigenvalue weighted by atomic mass is 10.0. The highest BCUT2D eigenvalue weighted by Crippen LogP contribution is 2.33. The van der Waals surface area contributed by atoms with Gasteiger partial charge in [-0.15, -0.1) is 0 Å². The minimum atomic E-state index is 0.708. The number of methoxy groups -OCH3 is 2. The third-order valence-electron chi connectivity index (χ3n) is 4.34. The number of rotatable bonds is 5. The Kier molecular flexibility index (Phi) is 4.38. The molecule has 27 heavy (non-hydrogen) atoms. The summed E-state index contributed by atoms with van der Waals surface area (Å²) in [5, 5.41) is 12.5. The summed E-state index contributed by atoms with van der Waals surface area (Å²) in [5.41, 5.74) is 2.82. The first kappa shape index (κ1) is 16.9. The van der Waals surface area contributed by atoms with Gasteiger partial charge >= 0.3 is 0 Å². The first-order chi connectivity index (χ1) is 13.2. The molecule has 0 unspecified atom stereocenters. The highest BCUT2D eigenvalue weighted by molar-refractivity contribution is 5.97. The second-order valence-electron chi connectivity index (χ2n) is 6.24. The van der Waals surface area contributed by atoms with E-state index < -0.39 is 0 Å². The fourth-order valence-corrected chi connectivity index (χ4v) is 3.03. The maximum absolute atomic E-state index is 5.39. The lowest BCUT2D eigenvalue weighted by molar-refractivity contribution is 0.415. The van der Waals surface area contributed by atoms with Gasteiger partial charge in [0.1, 0.15) is 17.3 Å². The van der Waals surface area contributed by atoms with Gasteiger partial charge in [-0.25, -0.2) is 4.98 Å². The lowest BCUT2D eigenvalue weighted by Gasteiger charge is -2.12. The van der Waals surface area contributed by atoms with E-state index in [9.17, 15) is 0 Å². The molecule has 6 heteroatoms. The van der Waals surface area contributed by atoms with Crippen LogP contribution in [0.2, 0.25) is 0 Å². The Labute approximate surface area is 157 Å². The Bertz CT molecular complexity index is 1100. The molecule has 0 saturated heterocycles. The number of pyridine rings is 1. The van der Waals surface area contributed by atoms with Gasteiger partial charge < -0.3 is 14.8 Å². The minimum Gasteiger partial charge on any atom is -0.497 e. The molecule has 0 aliphatic heterocycles. The van der Waals surface area contributed by atoms with Crippen LogP contribution < -0.4 is 14.8 Å². The number of hydrogen-bond donors (Lipinski definition) is 2. The molecule has 136 valence electrons. The fraction of sp³-hybridized carbons (Fsp3) is 0.143. The molecule has 0 saturated carbocycles. The van der Waals surface area contributed by atoms with Crippen molar-refractivity contribution in [2.24, 2.45) is 0 Å². The molecule has 6 nitrogen and oxygen atoms in total. The molecule has 2 heterocycles. The van der Waals surface area contributed by atoms with Gasteiger partial charge in [-0.3, -0.25) is 5.10 Å². The third-order valence-corrected chi connectivity index (χ3v) is 4.34. The molecule has 0 aliphatic rings. The zero-order valence-electron chi connectivity index (χ0n) is 15.4. The number of benzene rings is 2. The number of aromatic amines is 1. The molecule has 0 fully saturated rings. The number of nitrogens with zero attached hydrogens (tertiary/aromatic N) is 2. The molecule has 0 spiro atoms. The number of nitrogens with one attached hydrogen (secondary N) is 2. The Morgan fingerprint density at radius 3 is 2.44 bits per heavy atom. The van der Waals surface area contributed by atoms with Crippen LogP contribution in [0.5, 0.6) is 11.5 Å². The van der Waals surface area contributed by atoms with Gasteiger partial charge in [-0.2, -0.15) is 5.10 Å². The number of hydrogen-bond acceptors (Lipinski definition) is 5. The van der Waals surface area contributed by atoms with Gasteiger partial charge in [0.05, 0.1) is 19.9 Å². The van der Waals surface area contributed by atoms with E-state index in [2.05, 4.69) is 15.5 Å². The molecule has 2 N–H and O–H groups in total. The van der Waals surface area contributed by atoms with E-state index in [1.165, 1.54) is 0 Å². The van der Waals surface area contributed by atoms with Gasteiger partial charge in [0.25, 0.3) is 0 Å². The van der Waals surface area contributed by atoms with Crippen molar-refractivity contribution in [3.8, 4) is 22.8 Å². The average Bonchev–Trinajstić information content (AvgIpc) is 3.11. The van der Waals surface area contributed by atoms with Crippen LogP contribution in [-0.4, -0.2) is 29.4 Å².